The van der Waals surface area contributed by atoms with E-state index in [2.05, 4.69) is 10.6 Å². The molecule has 1 aliphatic rings. The first-order chi connectivity index (χ1) is 11.9. The maximum absolute atomic E-state index is 12.1. The molecule has 0 unspecified atom stereocenters. The van der Waals surface area contributed by atoms with Gasteiger partial charge in [-0.3, -0.25) is 9.59 Å². The lowest BCUT2D eigenvalue weighted by atomic mass is 10.1. The zero-order valence-electron chi connectivity index (χ0n) is 15.5. The van der Waals surface area contributed by atoms with Crippen molar-refractivity contribution in [1.82, 2.24) is 0 Å². The van der Waals surface area contributed by atoms with Crippen molar-refractivity contribution in [3.05, 3.63) is 12.1 Å². The van der Waals surface area contributed by atoms with Crippen molar-refractivity contribution in [2.24, 2.45) is 11.8 Å². The van der Waals surface area contributed by atoms with Crippen molar-refractivity contribution in [1.29, 1.82) is 0 Å². The van der Waals surface area contributed by atoms with Gasteiger partial charge in [0.1, 0.15) is 11.5 Å². The van der Waals surface area contributed by atoms with Gasteiger partial charge >= 0.3 is 0 Å². The van der Waals surface area contributed by atoms with E-state index < -0.39 is 0 Å². The summed E-state index contributed by atoms with van der Waals surface area (Å²) in [4.78, 5) is 24.2. The molecule has 0 aromatic heterocycles. The molecule has 1 saturated carbocycles. The fraction of sp³-hybridized carbons (Fsp3) is 0.579. The number of nitrogens with one attached hydrogen (secondary N) is 2. The minimum atomic E-state index is -0.0758. The van der Waals surface area contributed by atoms with Gasteiger partial charge in [-0.25, -0.2) is 0 Å². The molecule has 138 valence electrons. The smallest absolute Gasteiger partial charge is 0.227 e. The fourth-order valence-corrected chi connectivity index (χ4v) is 2.46. The molecule has 2 rings (SSSR count). The zero-order chi connectivity index (χ0) is 18.4. The maximum atomic E-state index is 12.1. The molecule has 25 heavy (non-hydrogen) atoms. The molecule has 2 N–H and O–H groups in total. The predicted molar refractivity (Wildman–Crippen MR) is 98.2 cm³/mol. The number of hydrogen-bond acceptors (Lipinski definition) is 4. The number of carbonyl (C=O) groups excluding carboxylic acids is 2. The highest BCUT2D eigenvalue weighted by atomic mass is 16.5. The summed E-state index contributed by atoms with van der Waals surface area (Å²) >= 11 is 0. The molecule has 6 nitrogen and oxygen atoms in total. The molecule has 1 fully saturated rings. The van der Waals surface area contributed by atoms with E-state index in [0.717, 1.165) is 12.8 Å². The molecule has 1 aromatic rings. The lowest BCUT2D eigenvalue weighted by molar-refractivity contribution is -0.118. The topological polar surface area (TPSA) is 76.7 Å². The Labute approximate surface area is 149 Å². The van der Waals surface area contributed by atoms with Crippen LogP contribution in [0.25, 0.3) is 0 Å². The van der Waals surface area contributed by atoms with Crippen molar-refractivity contribution in [2.45, 2.75) is 47.0 Å². The van der Waals surface area contributed by atoms with E-state index >= 15 is 0 Å². The first-order valence-electron chi connectivity index (χ1n) is 8.98. The van der Waals surface area contributed by atoms with Crippen molar-refractivity contribution in [2.75, 3.05) is 23.8 Å². The van der Waals surface area contributed by atoms with Crippen LogP contribution < -0.4 is 20.1 Å². The van der Waals surface area contributed by atoms with Crippen LogP contribution in [-0.4, -0.2) is 25.0 Å². The molecule has 0 radical (unpaired) electrons. The van der Waals surface area contributed by atoms with Gasteiger partial charge in [-0.1, -0.05) is 13.8 Å². The Morgan fingerprint density at radius 1 is 1.04 bits per heavy atom. The molecular formula is C19H28N2O4. The Morgan fingerprint density at radius 2 is 1.56 bits per heavy atom. The first kappa shape index (κ1) is 19.1. The van der Waals surface area contributed by atoms with Gasteiger partial charge in [0.15, 0.2) is 0 Å². The third-order valence-electron chi connectivity index (χ3n) is 3.76. The van der Waals surface area contributed by atoms with E-state index in [4.69, 9.17) is 9.47 Å². The summed E-state index contributed by atoms with van der Waals surface area (Å²) < 4.78 is 11.3. The van der Waals surface area contributed by atoms with E-state index in [1.165, 1.54) is 0 Å². The van der Waals surface area contributed by atoms with Crippen molar-refractivity contribution in [3.8, 4) is 11.5 Å². The number of ether oxygens (including phenoxy) is 2. The highest BCUT2D eigenvalue weighted by molar-refractivity contribution is 5.98. The van der Waals surface area contributed by atoms with Crippen LogP contribution in [0.3, 0.4) is 0 Å². The average Bonchev–Trinajstić information content (AvgIpc) is 3.35. The minimum Gasteiger partial charge on any atom is -0.492 e. The molecule has 0 bridgehead atoms. The summed E-state index contributed by atoms with van der Waals surface area (Å²) in [5.74, 6) is 1.33. The third kappa shape index (κ3) is 5.66. The van der Waals surface area contributed by atoms with Gasteiger partial charge in [-0.2, -0.15) is 0 Å². The largest absolute Gasteiger partial charge is 0.492 e. The summed E-state index contributed by atoms with van der Waals surface area (Å²) in [6.07, 6.45) is 2.28. The maximum Gasteiger partial charge on any atom is 0.227 e. The monoisotopic (exact) mass is 348 g/mol. The van der Waals surface area contributed by atoms with Crippen molar-refractivity contribution in [3.63, 3.8) is 0 Å². The van der Waals surface area contributed by atoms with Gasteiger partial charge in [0.2, 0.25) is 11.8 Å². The molecule has 0 atom stereocenters. The number of hydrogen-bond donors (Lipinski definition) is 2. The minimum absolute atomic E-state index is 0.00000474. The molecule has 2 amide bonds. The number of anilines is 2. The molecule has 6 heteroatoms. The highest BCUT2D eigenvalue weighted by Gasteiger charge is 2.30. The number of carbonyl (C=O) groups is 2. The molecule has 0 heterocycles. The summed E-state index contributed by atoms with van der Waals surface area (Å²) in [7, 11) is 0. The Kier molecular flexibility index (Phi) is 6.67. The summed E-state index contributed by atoms with van der Waals surface area (Å²) in [6, 6.07) is 3.44. The Bertz CT molecular complexity index is 624. The molecule has 1 aliphatic carbocycles. The Morgan fingerprint density at radius 3 is 2.00 bits per heavy atom. The third-order valence-corrected chi connectivity index (χ3v) is 3.76. The number of benzene rings is 1. The van der Waals surface area contributed by atoms with E-state index in [1.54, 1.807) is 12.1 Å². The summed E-state index contributed by atoms with van der Waals surface area (Å²) in [6.45, 7) is 8.64. The van der Waals surface area contributed by atoms with Crippen LogP contribution in [0.1, 0.15) is 47.0 Å². The van der Waals surface area contributed by atoms with E-state index in [9.17, 15) is 9.59 Å². The standard InChI is InChI=1S/C19H28N2O4/c1-5-24-16-11-15(21-19(23)13-7-8-13)17(25-6-2)10-14(16)20-18(22)9-12(3)4/h10-13H,5-9H2,1-4H3,(H,20,22)(H,21,23). The van der Waals surface area contributed by atoms with Crippen LogP contribution in [0.4, 0.5) is 11.4 Å². The van der Waals surface area contributed by atoms with Gasteiger partial charge in [-0.15, -0.1) is 0 Å². The molecule has 1 aromatic carbocycles. The van der Waals surface area contributed by atoms with Gasteiger partial charge in [0, 0.05) is 24.5 Å². The van der Waals surface area contributed by atoms with E-state index in [-0.39, 0.29) is 23.7 Å². The van der Waals surface area contributed by atoms with Gasteiger partial charge in [-0.05, 0) is 32.6 Å². The second-order valence-electron chi connectivity index (χ2n) is 6.62. The summed E-state index contributed by atoms with van der Waals surface area (Å²) in [5.41, 5.74) is 1.13. The molecule has 0 saturated heterocycles. The van der Waals surface area contributed by atoms with Crippen molar-refractivity contribution >= 4 is 23.2 Å². The van der Waals surface area contributed by atoms with Crippen LogP contribution in [-0.2, 0) is 9.59 Å². The first-order valence-corrected chi connectivity index (χ1v) is 8.98. The summed E-state index contributed by atoms with van der Waals surface area (Å²) in [5, 5.41) is 5.80. The zero-order valence-corrected chi connectivity index (χ0v) is 15.5. The number of rotatable bonds is 9. The van der Waals surface area contributed by atoms with Gasteiger partial charge < -0.3 is 20.1 Å². The van der Waals surface area contributed by atoms with Gasteiger partial charge in [0.05, 0.1) is 24.6 Å². The fourth-order valence-electron chi connectivity index (χ4n) is 2.46. The molecule has 0 spiro atoms. The normalized spacial score (nSPS) is 13.5. The second kappa shape index (κ2) is 8.74. The van der Waals surface area contributed by atoms with E-state index in [1.807, 2.05) is 27.7 Å². The van der Waals surface area contributed by atoms with Crippen LogP contribution in [0.2, 0.25) is 0 Å². The lowest BCUT2D eigenvalue weighted by Gasteiger charge is -2.18. The van der Waals surface area contributed by atoms with E-state index in [0.29, 0.717) is 42.5 Å². The lowest BCUT2D eigenvalue weighted by Crippen LogP contribution is -2.17. The van der Waals surface area contributed by atoms with Crippen LogP contribution >= 0.6 is 0 Å². The van der Waals surface area contributed by atoms with Gasteiger partial charge in [0.25, 0.3) is 0 Å². The van der Waals surface area contributed by atoms with Crippen molar-refractivity contribution < 1.29 is 19.1 Å². The van der Waals surface area contributed by atoms with Crippen LogP contribution in [0.15, 0.2) is 12.1 Å². The Hall–Kier alpha value is -2.24. The van der Waals surface area contributed by atoms with Crippen LogP contribution in [0, 0.1) is 11.8 Å². The predicted octanol–water partition coefficient (Wildman–Crippen LogP) is 3.82. The van der Waals surface area contributed by atoms with Crippen LogP contribution in [0.5, 0.6) is 11.5 Å². The Balaban J connectivity index is 2.28. The quantitative estimate of drug-likeness (QED) is 0.711. The SMILES string of the molecule is CCOc1cc(NC(=O)C2CC2)c(OCC)cc1NC(=O)CC(C)C. The number of amides is 2. The molecular weight excluding hydrogens is 320 g/mol. The highest BCUT2D eigenvalue weighted by Crippen LogP contribution is 2.38. The average molecular weight is 348 g/mol. The second-order valence-corrected chi connectivity index (χ2v) is 6.62. The molecule has 0 aliphatic heterocycles.